The van der Waals surface area contributed by atoms with Crippen LogP contribution in [0.15, 0.2) is 51.5 Å². The third kappa shape index (κ3) is 5.37. The zero-order valence-corrected chi connectivity index (χ0v) is 13.8. The van der Waals surface area contributed by atoms with Gasteiger partial charge in [0.15, 0.2) is 5.16 Å². The maximum absolute atomic E-state index is 11.5. The molecular formula is C16H18N4O2S. The highest BCUT2D eigenvalue weighted by Gasteiger charge is 2.07. The highest BCUT2D eigenvalue weighted by molar-refractivity contribution is 7.99. The molecule has 1 aromatic heterocycles. The van der Waals surface area contributed by atoms with Crippen molar-refractivity contribution in [3.63, 3.8) is 0 Å². The molecule has 0 spiro atoms. The Morgan fingerprint density at radius 3 is 2.74 bits per heavy atom. The number of aromatic amines is 1. The maximum Gasteiger partial charge on any atom is 0.251 e. The van der Waals surface area contributed by atoms with Crippen LogP contribution in [0, 0.1) is 6.92 Å². The van der Waals surface area contributed by atoms with Gasteiger partial charge in [-0.25, -0.2) is 10.4 Å². The van der Waals surface area contributed by atoms with Gasteiger partial charge < -0.3 is 4.98 Å². The van der Waals surface area contributed by atoms with E-state index in [4.69, 9.17) is 0 Å². The Morgan fingerprint density at radius 1 is 1.35 bits per heavy atom. The lowest BCUT2D eigenvalue weighted by molar-refractivity contribution is -0.120. The lowest BCUT2D eigenvalue weighted by Crippen LogP contribution is -2.20. The van der Waals surface area contributed by atoms with Crippen LogP contribution in [0.3, 0.4) is 0 Å². The Morgan fingerprint density at radius 2 is 2.09 bits per heavy atom. The molecule has 0 aliphatic rings. The van der Waals surface area contributed by atoms with Gasteiger partial charge in [-0.05, 0) is 12.5 Å². The molecule has 7 heteroatoms. The third-order valence-corrected chi connectivity index (χ3v) is 3.82. The fourth-order valence-corrected chi connectivity index (χ4v) is 2.66. The van der Waals surface area contributed by atoms with E-state index in [9.17, 15) is 9.59 Å². The number of thioether (sulfide) groups is 1. The van der Waals surface area contributed by atoms with E-state index in [1.54, 1.807) is 13.8 Å². The second-order valence-electron chi connectivity index (χ2n) is 4.79. The van der Waals surface area contributed by atoms with E-state index in [-0.39, 0.29) is 11.5 Å². The number of hydrazone groups is 1. The topological polar surface area (TPSA) is 87.2 Å². The van der Waals surface area contributed by atoms with Crippen molar-refractivity contribution in [1.82, 2.24) is 15.4 Å². The van der Waals surface area contributed by atoms with Gasteiger partial charge >= 0.3 is 0 Å². The molecule has 0 aliphatic heterocycles. The molecule has 2 rings (SSSR count). The second-order valence-corrected chi connectivity index (χ2v) is 5.76. The quantitative estimate of drug-likeness (QED) is 0.367. The number of carbonyl (C=O) groups excluding carboxylic acids is 1. The molecule has 120 valence electrons. The summed E-state index contributed by atoms with van der Waals surface area (Å²) < 4.78 is 0. The molecule has 1 amide bonds. The van der Waals surface area contributed by atoms with Gasteiger partial charge in [-0.3, -0.25) is 9.59 Å². The number of nitrogens with one attached hydrogen (secondary N) is 2. The number of carbonyl (C=O) groups is 1. The molecule has 0 unspecified atom stereocenters. The second kappa shape index (κ2) is 8.28. The maximum atomic E-state index is 11.5. The molecule has 6 nitrogen and oxygen atoms in total. The number of aryl methyl sites for hydroxylation is 1. The summed E-state index contributed by atoms with van der Waals surface area (Å²) >= 11 is 1.36. The van der Waals surface area contributed by atoms with Gasteiger partial charge in [0.25, 0.3) is 5.56 Å². The Balaban J connectivity index is 2.17. The first-order valence-corrected chi connectivity index (χ1v) is 8.18. The van der Waals surface area contributed by atoms with E-state index in [1.165, 1.54) is 17.8 Å². The minimum absolute atomic E-state index is 0.148. The molecule has 0 saturated carbocycles. The van der Waals surface area contributed by atoms with Crippen LogP contribution >= 0.6 is 11.8 Å². The zero-order chi connectivity index (χ0) is 16.7. The number of rotatable bonds is 6. The number of H-pyrrole nitrogens is 1. The highest BCUT2D eigenvalue weighted by atomic mass is 32.2. The molecule has 1 heterocycles. The Kier molecular flexibility index (Phi) is 6.10. The van der Waals surface area contributed by atoms with Crippen LogP contribution in [0.2, 0.25) is 0 Å². The molecule has 2 N–H and O–H groups in total. The van der Waals surface area contributed by atoms with Gasteiger partial charge in [0.05, 0.1) is 5.71 Å². The fraction of sp³-hybridized carbons (Fsp3) is 0.250. The largest absolute Gasteiger partial charge is 0.301 e. The van der Waals surface area contributed by atoms with Crippen molar-refractivity contribution >= 4 is 23.4 Å². The predicted octanol–water partition coefficient (Wildman–Crippen LogP) is 2.10. The van der Waals surface area contributed by atoms with Crippen LogP contribution in [0.4, 0.5) is 0 Å². The van der Waals surface area contributed by atoms with E-state index in [0.29, 0.717) is 28.7 Å². The lowest BCUT2D eigenvalue weighted by atomic mass is 10.1. The number of hydrogen-bond acceptors (Lipinski definition) is 5. The van der Waals surface area contributed by atoms with Crippen molar-refractivity contribution in [1.29, 1.82) is 0 Å². The van der Waals surface area contributed by atoms with E-state index in [0.717, 1.165) is 5.56 Å². The van der Waals surface area contributed by atoms with Crippen molar-refractivity contribution in [3.8, 4) is 0 Å². The van der Waals surface area contributed by atoms with Crippen molar-refractivity contribution in [2.24, 2.45) is 5.10 Å². The molecule has 23 heavy (non-hydrogen) atoms. The first kappa shape index (κ1) is 17.0. The summed E-state index contributed by atoms with van der Waals surface area (Å²) in [5.74, 6) is 0.325. The van der Waals surface area contributed by atoms with E-state index in [1.807, 2.05) is 30.3 Å². The molecule has 0 fully saturated rings. The first-order valence-electron chi connectivity index (χ1n) is 7.20. The van der Waals surface area contributed by atoms with E-state index >= 15 is 0 Å². The van der Waals surface area contributed by atoms with Crippen LogP contribution < -0.4 is 11.0 Å². The molecule has 2 aromatic rings. The van der Waals surface area contributed by atoms with Gasteiger partial charge in [0.1, 0.15) is 0 Å². The third-order valence-electron chi connectivity index (χ3n) is 2.94. The number of amides is 1. The van der Waals surface area contributed by atoms with Crippen molar-refractivity contribution in [3.05, 3.63) is 58.0 Å². The minimum atomic E-state index is -0.183. The molecular weight excluding hydrogens is 312 g/mol. The van der Waals surface area contributed by atoms with E-state index < -0.39 is 0 Å². The Bertz CT molecular complexity index is 756. The lowest BCUT2D eigenvalue weighted by Gasteiger charge is -2.07. The van der Waals surface area contributed by atoms with Gasteiger partial charge in [0, 0.05) is 23.9 Å². The summed E-state index contributed by atoms with van der Waals surface area (Å²) in [5, 5.41) is 4.73. The fourth-order valence-electron chi connectivity index (χ4n) is 1.78. The van der Waals surface area contributed by atoms with Gasteiger partial charge in [0.2, 0.25) is 5.91 Å². The predicted molar refractivity (Wildman–Crippen MR) is 91.7 cm³/mol. The summed E-state index contributed by atoms with van der Waals surface area (Å²) in [6, 6.07) is 11.0. The zero-order valence-electron chi connectivity index (χ0n) is 13.0. The summed E-state index contributed by atoms with van der Waals surface area (Å²) in [7, 11) is 0. The van der Waals surface area contributed by atoms with Crippen molar-refractivity contribution in [2.45, 2.75) is 25.4 Å². The average molecular weight is 330 g/mol. The summed E-state index contributed by atoms with van der Waals surface area (Å²) in [6.45, 7) is 3.54. The molecule has 0 saturated heterocycles. The number of hydrogen-bond donors (Lipinski definition) is 2. The number of benzene rings is 1. The molecule has 1 aromatic carbocycles. The number of nitrogens with zero attached hydrogens (tertiary/aromatic N) is 2. The van der Waals surface area contributed by atoms with Gasteiger partial charge in [-0.2, -0.15) is 5.10 Å². The molecule has 0 atom stereocenters. The van der Waals surface area contributed by atoms with Crippen LogP contribution in [0.1, 0.15) is 24.6 Å². The standard InChI is InChI=1S/C16H18N4O2S/c1-3-14(21)20-19-13(12-7-5-4-6-8-12)10-23-16-17-11(2)9-15(22)18-16/h4-9H,3,10H2,1-2H3,(H,20,21)(H,17,18,22). The Labute approximate surface area is 138 Å². The molecule has 0 bridgehead atoms. The van der Waals surface area contributed by atoms with E-state index in [2.05, 4.69) is 20.5 Å². The van der Waals surface area contributed by atoms with Crippen LogP contribution in [-0.4, -0.2) is 27.3 Å². The summed E-state index contributed by atoms with van der Waals surface area (Å²) in [6.07, 6.45) is 0.367. The normalized spacial score (nSPS) is 11.3. The van der Waals surface area contributed by atoms with Crippen molar-refractivity contribution in [2.75, 3.05) is 5.75 Å². The van der Waals surface area contributed by atoms with Crippen LogP contribution in [0.25, 0.3) is 0 Å². The minimum Gasteiger partial charge on any atom is -0.301 e. The summed E-state index contributed by atoms with van der Waals surface area (Å²) in [5.41, 5.74) is 4.63. The number of aromatic nitrogens is 2. The SMILES string of the molecule is CCC(=O)NN=C(CSc1nc(C)cc(=O)[nH]1)c1ccccc1. The first-order chi connectivity index (χ1) is 11.1. The summed E-state index contributed by atoms with van der Waals surface area (Å²) in [4.78, 5) is 29.9. The molecule has 0 aliphatic carbocycles. The van der Waals surface area contributed by atoms with Gasteiger partial charge in [-0.1, -0.05) is 49.0 Å². The van der Waals surface area contributed by atoms with Crippen LogP contribution in [-0.2, 0) is 4.79 Å². The highest BCUT2D eigenvalue weighted by Crippen LogP contribution is 2.14. The smallest absolute Gasteiger partial charge is 0.251 e. The van der Waals surface area contributed by atoms with Gasteiger partial charge in [-0.15, -0.1) is 0 Å². The molecule has 0 radical (unpaired) electrons. The monoisotopic (exact) mass is 330 g/mol. The van der Waals surface area contributed by atoms with Crippen LogP contribution in [0.5, 0.6) is 0 Å². The average Bonchev–Trinajstić information content (AvgIpc) is 2.54. The van der Waals surface area contributed by atoms with Crippen molar-refractivity contribution < 1.29 is 4.79 Å². The Hall–Kier alpha value is -2.41.